The Bertz CT molecular complexity index is 417. The molecular formula is C12H15BrN2S2. The summed E-state index contributed by atoms with van der Waals surface area (Å²) in [6, 6.07) is 6.56. The number of thiocarbonyl (C=S) groups is 1. The van der Waals surface area contributed by atoms with Gasteiger partial charge in [-0.3, -0.25) is 0 Å². The highest BCUT2D eigenvalue weighted by atomic mass is 79.9. The normalized spacial score (nSPS) is 16.8. The minimum atomic E-state index is 0.435. The van der Waals surface area contributed by atoms with Crippen molar-refractivity contribution in [1.29, 1.82) is 0 Å². The molecule has 0 unspecified atom stereocenters. The first-order valence-electron chi connectivity index (χ1n) is 5.61. The standard InChI is InChI=1S/C12H15BrN2S2/c13-9-2-1-3-10(11(9)12(14)16)15-8-4-6-17-7-5-8/h1-3,8,15H,4-7H2,(H2,14,16). The van der Waals surface area contributed by atoms with Crippen LogP contribution in [-0.4, -0.2) is 22.5 Å². The summed E-state index contributed by atoms with van der Waals surface area (Å²) in [5, 5.41) is 3.56. The van der Waals surface area contributed by atoms with Crippen LogP contribution in [0.1, 0.15) is 18.4 Å². The monoisotopic (exact) mass is 330 g/mol. The maximum absolute atomic E-state index is 5.78. The molecule has 0 spiro atoms. The van der Waals surface area contributed by atoms with Crippen LogP contribution in [0.2, 0.25) is 0 Å². The predicted octanol–water partition coefficient (Wildman–Crippen LogP) is 3.39. The molecule has 1 saturated heterocycles. The fourth-order valence-corrected chi connectivity index (χ4v) is 3.99. The molecule has 0 atom stereocenters. The molecule has 1 aliphatic rings. The SMILES string of the molecule is NC(=S)c1c(Br)cccc1NC1CCSCC1. The van der Waals surface area contributed by atoms with Crippen LogP contribution in [0.5, 0.6) is 0 Å². The van der Waals surface area contributed by atoms with Crippen LogP contribution < -0.4 is 11.1 Å². The molecule has 0 saturated carbocycles. The number of halogens is 1. The van der Waals surface area contributed by atoms with Gasteiger partial charge in [-0.05, 0) is 52.4 Å². The molecule has 1 heterocycles. The molecule has 0 aromatic heterocycles. The van der Waals surface area contributed by atoms with Crippen molar-refractivity contribution in [3.8, 4) is 0 Å². The van der Waals surface area contributed by atoms with Crippen LogP contribution in [0.3, 0.4) is 0 Å². The van der Waals surface area contributed by atoms with Gasteiger partial charge in [0.25, 0.3) is 0 Å². The third-order valence-corrected chi connectivity index (χ3v) is 4.75. The number of anilines is 1. The van der Waals surface area contributed by atoms with E-state index >= 15 is 0 Å². The van der Waals surface area contributed by atoms with Gasteiger partial charge >= 0.3 is 0 Å². The first-order valence-corrected chi connectivity index (χ1v) is 7.96. The maximum Gasteiger partial charge on any atom is 0.107 e. The first kappa shape index (κ1) is 13.2. The third-order valence-electron chi connectivity index (χ3n) is 2.84. The third kappa shape index (κ3) is 3.36. The van der Waals surface area contributed by atoms with Crippen LogP contribution >= 0.6 is 39.9 Å². The fraction of sp³-hybridized carbons (Fsp3) is 0.417. The fourth-order valence-electron chi connectivity index (χ4n) is 1.96. The summed E-state index contributed by atoms with van der Waals surface area (Å²) in [4.78, 5) is 0.435. The van der Waals surface area contributed by atoms with Gasteiger partial charge in [-0.1, -0.05) is 18.3 Å². The molecule has 5 heteroatoms. The summed E-state index contributed by atoms with van der Waals surface area (Å²) >= 11 is 10.6. The van der Waals surface area contributed by atoms with E-state index in [0.717, 1.165) is 15.7 Å². The first-order chi connectivity index (χ1) is 8.18. The van der Waals surface area contributed by atoms with Gasteiger partial charge in [0.1, 0.15) is 4.99 Å². The van der Waals surface area contributed by atoms with Crippen LogP contribution in [0.15, 0.2) is 22.7 Å². The Morgan fingerprint density at radius 1 is 1.41 bits per heavy atom. The Balaban J connectivity index is 2.19. The number of hydrogen-bond acceptors (Lipinski definition) is 3. The Morgan fingerprint density at radius 2 is 2.12 bits per heavy atom. The largest absolute Gasteiger partial charge is 0.389 e. The highest BCUT2D eigenvalue weighted by molar-refractivity contribution is 9.10. The lowest BCUT2D eigenvalue weighted by atomic mass is 10.1. The van der Waals surface area contributed by atoms with E-state index in [2.05, 4.69) is 21.2 Å². The molecule has 2 rings (SSSR count). The van der Waals surface area contributed by atoms with E-state index < -0.39 is 0 Å². The van der Waals surface area contributed by atoms with E-state index in [1.54, 1.807) is 0 Å². The van der Waals surface area contributed by atoms with Crippen molar-refractivity contribution in [2.75, 3.05) is 16.8 Å². The lowest BCUT2D eigenvalue weighted by Gasteiger charge is -2.25. The van der Waals surface area contributed by atoms with Gasteiger partial charge in [-0.25, -0.2) is 0 Å². The van der Waals surface area contributed by atoms with Crippen molar-refractivity contribution in [2.45, 2.75) is 18.9 Å². The topological polar surface area (TPSA) is 38.0 Å². The Kier molecular flexibility index (Phi) is 4.70. The number of nitrogens with one attached hydrogen (secondary N) is 1. The second kappa shape index (κ2) is 6.07. The van der Waals surface area contributed by atoms with Gasteiger partial charge in [-0.2, -0.15) is 11.8 Å². The molecule has 2 nitrogen and oxygen atoms in total. The molecule has 0 amide bonds. The summed E-state index contributed by atoms with van der Waals surface area (Å²) in [7, 11) is 0. The van der Waals surface area contributed by atoms with E-state index in [1.807, 2.05) is 30.0 Å². The molecule has 0 bridgehead atoms. The van der Waals surface area contributed by atoms with E-state index in [1.165, 1.54) is 24.3 Å². The van der Waals surface area contributed by atoms with E-state index in [0.29, 0.717) is 11.0 Å². The summed E-state index contributed by atoms with van der Waals surface area (Å²) in [6.45, 7) is 0. The molecule has 17 heavy (non-hydrogen) atoms. The van der Waals surface area contributed by atoms with Crippen LogP contribution in [0.25, 0.3) is 0 Å². The molecule has 1 aromatic carbocycles. The van der Waals surface area contributed by atoms with Crippen molar-refractivity contribution in [2.24, 2.45) is 5.73 Å². The molecule has 92 valence electrons. The van der Waals surface area contributed by atoms with Crippen molar-refractivity contribution in [3.05, 3.63) is 28.2 Å². The minimum Gasteiger partial charge on any atom is -0.389 e. The zero-order chi connectivity index (χ0) is 12.3. The van der Waals surface area contributed by atoms with Gasteiger partial charge < -0.3 is 11.1 Å². The Morgan fingerprint density at radius 3 is 2.76 bits per heavy atom. The lowest BCUT2D eigenvalue weighted by Crippen LogP contribution is -2.26. The van der Waals surface area contributed by atoms with Crippen molar-refractivity contribution >= 4 is 50.6 Å². The average molecular weight is 331 g/mol. The Labute approximate surface area is 120 Å². The van der Waals surface area contributed by atoms with Crippen LogP contribution in [-0.2, 0) is 0 Å². The van der Waals surface area contributed by atoms with Gasteiger partial charge in [0, 0.05) is 21.8 Å². The number of nitrogens with two attached hydrogens (primary N) is 1. The Hall–Kier alpha value is -0.260. The second-order valence-electron chi connectivity index (χ2n) is 4.06. The zero-order valence-corrected chi connectivity index (χ0v) is 12.6. The average Bonchev–Trinajstić information content (AvgIpc) is 2.30. The zero-order valence-electron chi connectivity index (χ0n) is 9.41. The smallest absolute Gasteiger partial charge is 0.107 e. The van der Waals surface area contributed by atoms with Gasteiger partial charge in [0.15, 0.2) is 0 Å². The lowest BCUT2D eigenvalue weighted by molar-refractivity contribution is 0.667. The summed E-state index contributed by atoms with van der Waals surface area (Å²) in [6.07, 6.45) is 2.40. The molecule has 1 fully saturated rings. The molecule has 1 aliphatic heterocycles. The molecule has 3 N–H and O–H groups in total. The number of benzene rings is 1. The highest BCUT2D eigenvalue weighted by Crippen LogP contribution is 2.27. The second-order valence-corrected chi connectivity index (χ2v) is 6.58. The predicted molar refractivity (Wildman–Crippen MR) is 84.0 cm³/mol. The number of thioether (sulfide) groups is 1. The number of hydrogen-bond donors (Lipinski definition) is 2. The summed E-state index contributed by atoms with van der Waals surface area (Å²) in [5.41, 5.74) is 7.74. The summed E-state index contributed by atoms with van der Waals surface area (Å²) in [5.74, 6) is 2.46. The van der Waals surface area contributed by atoms with Crippen molar-refractivity contribution < 1.29 is 0 Å². The van der Waals surface area contributed by atoms with Crippen molar-refractivity contribution in [3.63, 3.8) is 0 Å². The van der Waals surface area contributed by atoms with Gasteiger partial charge in [0.2, 0.25) is 0 Å². The van der Waals surface area contributed by atoms with E-state index in [4.69, 9.17) is 18.0 Å². The molecule has 1 aromatic rings. The highest BCUT2D eigenvalue weighted by Gasteiger charge is 2.16. The molecule has 0 aliphatic carbocycles. The van der Waals surface area contributed by atoms with Crippen LogP contribution in [0.4, 0.5) is 5.69 Å². The summed E-state index contributed by atoms with van der Waals surface area (Å²) < 4.78 is 0.959. The van der Waals surface area contributed by atoms with Gasteiger partial charge in [0.05, 0.1) is 0 Å². The quantitative estimate of drug-likeness (QED) is 0.833. The molecule has 0 radical (unpaired) electrons. The minimum absolute atomic E-state index is 0.435. The van der Waals surface area contributed by atoms with E-state index in [9.17, 15) is 0 Å². The van der Waals surface area contributed by atoms with Crippen LogP contribution in [0, 0.1) is 0 Å². The number of rotatable bonds is 3. The molecular weight excluding hydrogens is 316 g/mol. The van der Waals surface area contributed by atoms with E-state index in [-0.39, 0.29) is 0 Å². The van der Waals surface area contributed by atoms with Crippen molar-refractivity contribution in [1.82, 2.24) is 0 Å². The van der Waals surface area contributed by atoms with Gasteiger partial charge in [-0.15, -0.1) is 0 Å². The maximum atomic E-state index is 5.78.